The van der Waals surface area contributed by atoms with Crippen molar-refractivity contribution in [2.45, 2.75) is 51.1 Å². The van der Waals surface area contributed by atoms with Crippen LogP contribution in [0.15, 0.2) is 0 Å². The summed E-state index contributed by atoms with van der Waals surface area (Å²) in [7, 11) is 0. The van der Waals surface area contributed by atoms with Crippen LogP contribution in [0.25, 0.3) is 0 Å². The van der Waals surface area contributed by atoms with Crippen LogP contribution in [0.4, 0.5) is 0 Å². The van der Waals surface area contributed by atoms with E-state index in [0.29, 0.717) is 11.8 Å². The van der Waals surface area contributed by atoms with Crippen LogP contribution in [0, 0.1) is 5.92 Å². The Morgan fingerprint density at radius 3 is 2.90 bits per heavy atom. The molecule has 0 aromatic rings. The van der Waals surface area contributed by atoms with Crippen molar-refractivity contribution in [1.29, 1.82) is 0 Å². The van der Waals surface area contributed by atoms with Crippen LogP contribution in [0.3, 0.4) is 0 Å². The third kappa shape index (κ3) is 3.93. The summed E-state index contributed by atoms with van der Waals surface area (Å²) in [4.78, 5) is 17.3. The highest BCUT2D eigenvalue weighted by molar-refractivity contribution is 7.99. The van der Waals surface area contributed by atoms with Gasteiger partial charge in [0.1, 0.15) is 0 Å². The van der Waals surface area contributed by atoms with Crippen molar-refractivity contribution in [1.82, 2.24) is 15.1 Å². The summed E-state index contributed by atoms with van der Waals surface area (Å²) in [5, 5.41) is 3.32. The van der Waals surface area contributed by atoms with E-state index in [0.717, 1.165) is 30.8 Å². The number of amides is 1. The molecule has 3 aliphatic rings. The molecule has 120 valence electrons. The molecular weight excluding hydrogens is 282 g/mol. The van der Waals surface area contributed by atoms with E-state index in [4.69, 9.17) is 0 Å². The molecule has 5 heteroatoms. The zero-order chi connectivity index (χ0) is 14.7. The van der Waals surface area contributed by atoms with Gasteiger partial charge in [0.15, 0.2) is 0 Å². The average Bonchev–Trinajstić information content (AvgIpc) is 3.03. The highest BCUT2D eigenvalue weighted by atomic mass is 32.2. The molecule has 3 fully saturated rings. The minimum absolute atomic E-state index is 0.0719. The maximum absolute atomic E-state index is 12.5. The van der Waals surface area contributed by atoms with Crippen molar-refractivity contribution >= 4 is 17.7 Å². The van der Waals surface area contributed by atoms with E-state index in [1.807, 2.05) is 11.8 Å². The van der Waals surface area contributed by atoms with Gasteiger partial charge < -0.3 is 9.80 Å². The number of rotatable bonds is 3. The first kappa shape index (κ1) is 15.6. The van der Waals surface area contributed by atoms with Crippen molar-refractivity contribution in [2.24, 2.45) is 5.92 Å². The van der Waals surface area contributed by atoms with Crippen LogP contribution in [-0.4, -0.2) is 65.6 Å². The van der Waals surface area contributed by atoms with Gasteiger partial charge in [0.25, 0.3) is 0 Å². The summed E-state index contributed by atoms with van der Waals surface area (Å²) < 4.78 is 0. The van der Waals surface area contributed by atoms with E-state index >= 15 is 0 Å². The van der Waals surface area contributed by atoms with Gasteiger partial charge in [0.05, 0.1) is 6.04 Å². The molecule has 0 aliphatic carbocycles. The van der Waals surface area contributed by atoms with Gasteiger partial charge in [-0.1, -0.05) is 6.42 Å². The van der Waals surface area contributed by atoms with Crippen molar-refractivity contribution in [2.75, 3.05) is 37.8 Å². The smallest absolute Gasteiger partial charge is 0.240 e. The average molecular weight is 311 g/mol. The maximum Gasteiger partial charge on any atom is 0.240 e. The lowest BCUT2D eigenvalue weighted by Crippen LogP contribution is -2.51. The van der Waals surface area contributed by atoms with Gasteiger partial charge in [-0.2, -0.15) is 0 Å². The third-order valence-corrected chi connectivity index (χ3v) is 6.22. The largest absolute Gasteiger partial charge is 0.341 e. The highest BCUT2D eigenvalue weighted by Gasteiger charge is 2.32. The number of nitrogens with one attached hydrogen (secondary N) is 1. The van der Waals surface area contributed by atoms with Crippen LogP contribution in [0.1, 0.15) is 39.0 Å². The molecule has 0 saturated carbocycles. The molecule has 3 saturated heterocycles. The molecule has 3 rings (SSSR count). The topological polar surface area (TPSA) is 35.6 Å². The fourth-order valence-corrected chi connectivity index (χ4v) is 4.88. The van der Waals surface area contributed by atoms with Crippen LogP contribution in [0.2, 0.25) is 0 Å². The van der Waals surface area contributed by atoms with E-state index in [2.05, 4.69) is 22.0 Å². The lowest BCUT2D eigenvalue weighted by molar-refractivity contribution is -0.134. The molecule has 0 radical (unpaired) electrons. The van der Waals surface area contributed by atoms with Crippen molar-refractivity contribution in [3.8, 4) is 0 Å². The highest BCUT2D eigenvalue weighted by Crippen LogP contribution is 2.24. The van der Waals surface area contributed by atoms with Crippen molar-refractivity contribution in [3.63, 3.8) is 0 Å². The Morgan fingerprint density at radius 2 is 2.14 bits per heavy atom. The Kier molecular flexibility index (Phi) is 5.46. The minimum Gasteiger partial charge on any atom is -0.341 e. The monoisotopic (exact) mass is 311 g/mol. The Labute approximate surface area is 133 Å². The second kappa shape index (κ2) is 7.34. The summed E-state index contributed by atoms with van der Waals surface area (Å²) in [6.07, 6.45) is 6.55. The summed E-state index contributed by atoms with van der Waals surface area (Å²) in [5.41, 5.74) is 0. The zero-order valence-electron chi connectivity index (χ0n) is 13.2. The number of hydrogen-bond acceptors (Lipinski definition) is 4. The molecule has 0 aromatic heterocycles. The zero-order valence-corrected chi connectivity index (χ0v) is 14.0. The standard InChI is InChI=1S/C16H29N3OS/c1-13-5-2-3-7-18(13)9-14-6-4-8-19(10-14)16(20)15-11-21-12-17-15/h13-15,17H,2-12H2,1H3/t13-,14-,15-/m1/s1. The van der Waals surface area contributed by atoms with Gasteiger partial charge in [-0.3, -0.25) is 10.1 Å². The molecule has 0 aromatic carbocycles. The predicted octanol–water partition coefficient (Wildman–Crippen LogP) is 1.76. The number of piperidine rings is 2. The van der Waals surface area contributed by atoms with Gasteiger partial charge in [-0.25, -0.2) is 0 Å². The molecule has 4 nitrogen and oxygen atoms in total. The summed E-state index contributed by atoms with van der Waals surface area (Å²) in [6, 6.07) is 0.806. The fraction of sp³-hybridized carbons (Fsp3) is 0.938. The van der Waals surface area contributed by atoms with Gasteiger partial charge >= 0.3 is 0 Å². The van der Waals surface area contributed by atoms with E-state index in [-0.39, 0.29) is 6.04 Å². The molecule has 21 heavy (non-hydrogen) atoms. The van der Waals surface area contributed by atoms with Gasteiger partial charge in [-0.15, -0.1) is 11.8 Å². The molecule has 0 unspecified atom stereocenters. The molecule has 1 amide bonds. The number of likely N-dealkylation sites (tertiary alicyclic amines) is 2. The normalized spacial score (nSPS) is 35.1. The quantitative estimate of drug-likeness (QED) is 0.861. The number of thioether (sulfide) groups is 1. The van der Waals surface area contributed by atoms with E-state index < -0.39 is 0 Å². The molecule has 3 heterocycles. The lowest BCUT2D eigenvalue weighted by Gasteiger charge is -2.40. The number of nitrogens with zero attached hydrogens (tertiary/aromatic N) is 2. The molecule has 3 aliphatic heterocycles. The Morgan fingerprint density at radius 1 is 1.24 bits per heavy atom. The predicted molar refractivity (Wildman–Crippen MR) is 88.4 cm³/mol. The molecule has 0 spiro atoms. The molecule has 0 bridgehead atoms. The van der Waals surface area contributed by atoms with Gasteiger partial charge in [-0.05, 0) is 45.1 Å². The Balaban J connectivity index is 1.51. The Bertz CT molecular complexity index is 359. The van der Waals surface area contributed by atoms with E-state index in [1.165, 1.54) is 45.2 Å². The van der Waals surface area contributed by atoms with Crippen LogP contribution < -0.4 is 5.32 Å². The van der Waals surface area contributed by atoms with E-state index in [9.17, 15) is 4.79 Å². The number of carbonyl (C=O) groups is 1. The summed E-state index contributed by atoms with van der Waals surface area (Å²) >= 11 is 1.84. The van der Waals surface area contributed by atoms with E-state index in [1.54, 1.807) is 0 Å². The minimum atomic E-state index is 0.0719. The van der Waals surface area contributed by atoms with Crippen LogP contribution in [-0.2, 0) is 4.79 Å². The first-order valence-corrected chi connectivity index (χ1v) is 9.73. The van der Waals surface area contributed by atoms with Gasteiger partial charge in [0, 0.05) is 37.3 Å². The maximum atomic E-state index is 12.5. The molecular formula is C16H29N3OS. The first-order chi connectivity index (χ1) is 10.2. The SMILES string of the molecule is C[C@@H]1CCCCN1C[C@H]1CCCN(C(=O)[C@H]2CSCN2)C1. The van der Waals surface area contributed by atoms with Crippen LogP contribution >= 0.6 is 11.8 Å². The second-order valence-corrected chi connectivity index (χ2v) is 7.93. The second-order valence-electron chi connectivity index (χ2n) is 6.90. The van der Waals surface area contributed by atoms with Gasteiger partial charge in [0.2, 0.25) is 5.91 Å². The summed E-state index contributed by atoms with van der Waals surface area (Å²) in [6.45, 7) is 6.76. The Hall–Kier alpha value is -0.260. The fourth-order valence-electron chi connectivity index (χ4n) is 3.95. The van der Waals surface area contributed by atoms with Crippen molar-refractivity contribution in [3.05, 3.63) is 0 Å². The molecule has 1 N–H and O–H groups in total. The number of hydrogen-bond donors (Lipinski definition) is 1. The number of carbonyl (C=O) groups excluding carboxylic acids is 1. The van der Waals surface area contributed by atoms with Crippen LogP contribution in [0.5, 0.6) is 0 Å². The first-order valence-electron chi connectivity index (χ1n) is 8.58. The summed E-state index contributed by atoms with van der Waals surface area (Å²) in [5.74, 6) is 2.90. The van der Waals surface area contributed by atoms with Crippen molar-refractivity contribution < 1.29 is 4.79 Å². The molecule has 3 atom stereocenters. The lowest BCUT2D eigenvalue weighted by atomic mass is 9.94. The third-order valence-electron chi connectivity index (χ3n) is 5.28.